The van der Waals surface area contributed by atoms with E-state index in [4.69, 9.17) is 32.7 Å². The number of ether oxygens (including phenoxy) is 2. The van der Waals surface area contributed by atoms with Gasteiger partial charge >= 0.3 is 0 Å². The summed E-state index contributed by atoms with van der Waals surface area (Å²) in [7, 11) is 2.86. The lowest BCUT2D eigenvalue weighted by Crippen LogP contribution is -1.96. The van der Waals surface area contributed by atoms with Crippen LogP contribution in [0.3, 0.4) is 0 Å². The summed E-state index contributed by atoms with van der Waals surface area (Å²) in [5, 5.41) is 0.246. The second kappa shape index (κ2) is 8.13. The van der Waals surface area contributed by atoms with Crippen LogP contribution in [0, 0.1) is 0 Å². The second-order valence-corrected chi connectivity index (χ2v) is 3.31. The quantitative estimate of drug-likeness (QED) is 0.321. The molecule has 0 aliphatic rings. The van der Waals surface area contributed by atoms with Crippen molar-refractivity contribution in [1.82, 2.24) is 0 Å². The van der Waals surface area contributed by atoms with Gasteiger partial charge in [-0.25, -0.2) is 4.79 Å². The molecule has 0 aromatic rings. The number of hydrogen-bond acceptors (Lipinski definition) is 4. The molecule has 6 heteroatoms. The zero-order valence-electron chi connectivity index (χ0n) is 8.92. The standard InChI is InChI=1S/C10H11Cl2NO3/c1-4-8(16-3)9(12)10(13-6-14)7(11)5-15-2/h4H,1,5H2,2-3H3/b9-8-,10-7-. The molecular weight excluding hydrogens is 253 g/mol. The summed E-state index contributed by atoms with van der Waals surface area (Å²) in [5.41, 5.74) is 0.0527. The zero-order chi connectivity index (χ0) is 12.6. The van der Waals surface area contributed by atoms with Crippen molar-refractivity contribution in [3.05, 3.63) is 34.2 Å². The molecule has 0 fully saturated rings. The molecule has 0 N–H and O–H groups in total. The first kappa shape index (κ1) is 14.9. The molecule has 0 aromatic carbocycles. The largest absolute Gasteiger partial charge is 0.495 e. The van der Waals surface area contributed by atoms with Gasteiger partial charge in [-0.15, -0.1) is 0 Å². The van der Waals surface area contributed by atoms with Crippen molar-refractivity contribution >= 4 is 29.3 Å². The molecular formula is C10H11Cl2NO3. The molecule has 16 heavy (non-hydrogen) atoms. The van der Waals surface area contributed by atoms with E-state index in [0.29, 0.717) is 0 Å². The molecule has 0 amide bonds. The van der Waals surface area contributed by atoms with Crippen molar-refractivity contribution < 1.29 is 14.3 Å². The monoisotopic (exact) mass is 263 g/mol. The molecule has 0 aliphatic heterocycles. The Balaban J connectivity index is 5.54. The number of halogens is 2. The summed E-state index contributed by atoms with van der Waals surface area (Å²) < 4.78 is 9.72. The van der Waals surface area contributed by atoms with Crippen LogP contribution in [0.5, 0.6) is 0 Å². The first-order valence-electron chi connectivity index (χ1n) is 4.14. The van der Waals surface area contributed by atoms with Crippen LogP contribution in [0.2, 0.25) is 0 Å². The molecule has 0 saturated heterocycles. The Bertz CT molecular complexity index is 368. The van der Waals surface area contributed by atoms with Gasteiger partial charge in [0, 0.05) is 7.11 Å². The Morgan fingerprint density at radius 2 is 2.12 bits per heavy atom. The smallest absolute Gasteiger partial charge is 0.240 e. The molecule has 0 saturated carbocycles. The average molecular weight is 264 g/mol. The Morgan fingerprint density at radius 3 is 2.50 bits per heavy atom. The minimum Gasteiger partial charge on any atom is -0.495 e. The van der Waals surface area contributed by atoms with Crippen molar-refractivity contribution in [1.29, 1.82) is 0 Å². The third-order valence-corrected chi connectivity index (χ3v) is 2.17. The summed E-state index contributed by atoms with van der Waals surface area (Å²) in [6.45, 7) is 3.57. The van der Waals surface area contributed by atoms with Crippen LogP contribution in [0.25, 0.3) is 0 Å². The number of methoxy groups -OCH3 is 2. The molecule has 88 valence electrons. The van der Waals surface area contributed by atoms with E-state index in [1.807, 2.05) is 0 Å². The topological polar surface area (TPSA) is 47.9 Å². The SMILES string of the molecule is C=C/C(OC)=C(Cl)\C(N=C=O)=C(\Cl)COC. The number of isocyanates is 1. The highest BCUT2D eigenvalue weighted by Gasteiger charge is 2.12. The summed E-state index contributed by atoms with van der Waals surface area (Å²) in [6, 6.07) is 0. The van der Waals surface area contributed by atoms with Gasteiger partial charge in [-0.3, -0.25) is 0 Å². The van der Waals surface area contributed by atoms with Crippen molar-refractivity contribution in [2.45, 2.75) is 0 Å². The Hall–Kier alpha value is -1.06. The lowest BCUT2D eigenvalue weighted by Gasteiger charge is -2.06. The molecule has 0 heterocycles. The molecule has 0 bridgehead atoms. The number of rotatable bonds is 6. The van der Waals surface area contributed by atoms with Gasteiger partial charge in [0.25, 0.3) is 0 Å². The summed E-state index contributed by atoms with van der Waals surface area (Å²) in [5.74, 6) is 0.255. The van der Waals surface area contributed by atoms with Crippen LogP contribution in [0.15, 0.2) is 39.2 Å². The van der Waals surface area contributed by atoms with Crippen LogP contribution in [-0.4, -0.2) is 26.9 Å². The number of carbonyl (C=O) groups excluding carboxylic acids is 1. The van der Waals surface area contributed by atoms with Crippen LogP contribution in [0.1, 0.15) is 0 Å². The van der Waals surface area contributed by atoms with E-state index in [1.54, 1.807) is 0 Å². The van der Waals surface area contributed by atoms with Gasteiger partial charge in [0.2, 0.25) is 6.08 Å². The Labute approximate surface area is 104 Å². The highest BCUT2D eigenvalue weighted by atomic mass is 35.5. The van der Waals surface area contributed by atoms with Crippen molar-refractivity contribution in [2.75, 3.05) is 20.8 Å². The Morgan fingerprint density at radius 1 is 1.50 bits per heavy atom. The summed E-state index contributed by atoms with van der Waals surface area (Å²) in [6.07, 6.45) is 2.73. The average Bonchev–Trinajstić information content (AvgIpc) is 2.27. The molecule has 0 rings (SSSR count). The van der Waals surface area contributed by atoms with E-state index < -0.39 is 0 Å². The molecule has 0 radical (unpaired) electrons. The molecule has 0 unspecified atom stereocenters. The molecule has 0 atom stereocenters. The summed E-state index contributed by atoms with van der Waals surface area (Å²) >= 11 is 11.8. The van der Waals surface area contributed by atoms with Gasteiger partial charge in [-0.05, 0) is 6.08 Å². The highest BCUT2D eigenvalue weighted by molar-refractivity contribution is 6.36. The van der Waals surface area contributed by atoms with E-state index >= 15 is 0 Å². The first-order chi connectivity index (χ1) is 7.62. The highest BCUT2D eigenvalue weighted by Crippen LogP contribution is 2.26. The van der Waals surface area contributed by atoms with Crippen molar-refractivity contribution in [2.24, 2.45) is 4.99 Å². The number of allylic oxidation sites excluding steroid dienone is 2. The van der Waals surface area contributed by atoms with Crippen LogP contribution in [0.4, 0.5) is 0 Å². The number of nitrogens with zero attached hydrogens (tertiary/aromatic N) is 1. The van der Waals surface area contributed by atoms with Crippen LogP contribution >= 0.6 is 23.2 Å². The minimum absolute atomic E-state index is 0.0527. The Kier molecular flexibility index (Phi) is 7.60. The maximum Gasteiger partial charge on any atom is 0.240 e. The predicted octanol–water partition coefficient (Wildman–Crippen LogP) is 2.70. The van der Waals surface area contributed by atoms with E-state index in [2.05, 4.69) is 11.6 Å². The minimum atomic E-state index is 0.0527. The van der Waals surface area contributed by atoms with Crippen LogP contribution in [-0.2, 0) is 14.3 Å². The maximum absolute atomic E-state index is 10.3. The van der Waals surface area contributed by atoms with E-state index in [1.165, 1.54) is 26.4 Å². The normalized spacial score (nSPS) is 13.2. The van der Waals surface area contributed by atoms with Gasteiger partial charge in [0.15, 0.2) is 0 Å². The van der Waals surface area contributed by atoms with E-state index in [-0.39, 0.29) is 28.1 Å². The van der Waals surface area contributed by atoms with Crippen molar-refractivity contribution in [3.8, 4) is 0 Å². The van der Waals surface area contributed by atoms with Crippen LogP contribution < -0.4 is 0 Å². The van der Waals surface area contributed by atoms with Gasteiger partial charge in [-0.1, -0.05) is 29.8 Å². The van der Waals surface area contributed by atoms with Gasteiger partial charge in [-0.2, -0.15) is 4.99 Å². The van der Waals surface area contributed by atoms with E-state index in [0.717, 1.165) is 0 Å². The number of aliphatic imine (C=N–C) groups is 1. The fourth-order valence-corrected chi connectivity index (χ4v) is 1.45. The third-order valence-electron chi connectivity index (χ3n) is 1.52. The van der Waals surface area contributed by atoms with Crippen molar-refractivity contribution in [3.63, 3.8) is 0 Å². The maximum atomic E-state index is 10.3. The molecule has 0 aromatic heterocycles. The van der Waals surface area contributed by atoms with Gasteiger partial charge in [0.1, 0.15) is 16.5 Å². The lowest BCUT2D eigenvalue weighted by molar-refractivity contribution is 0.230. The van der Waals surface area contributed by atoms with Gasteiger partial charge in [0.05, 0.1) is 18.7 Å². The van der Waals surface area contributed by atoms with Gasteiger partial charge < -0.3 is 9.47 Å². The summed E-state index contributed by atoms with van der Waals surface area (Å²) in [4.78, 5) is 13.7. The zero-order valence-corrected chi connectivity index (χ0v) is 10.4. The fraction of sp³-hybridized carbons (Fsp3) is 0.300. The molecule has 0 spiro atoms. The second-order valence-electron chi connectivity index (χ2n) is 2.48. The predicted molar refractivity (Wildman–Crippen MR) is 63.0 cm³/mol. The molecule has 4 nitrogen and oxygen atoms in total. The molecule has 0 aliphatic carbocycles. The number of hydrogen-bond donors (Lipinski definition) is 0. The fourth-order valence-electron chi connectivity index (χ4n) is 0.849. The lowest BCUT2D eigenvalue weighted by atomic mass is 10.3. The van der Waals surface area contributed by atoms with E-state index in [9.17, 15) is 4.79 Å². The first-order valence-corrected chi connectivity index (χ1v) is 4.90. The third kappa shape index (κ3) is 4.21.